The number of nitrogens with zero attached hydrogens (tertiary/aromatic N) is 4. The highest BCUT2D eigenvalue weighted by Gasteiger charge is 2.16. The summed E-state index contributed by atoms with van der Waals surface area (Å²) in [6.45, 7) is 4.09. The molecule has 0 bridgehead atoms. The quantitative estimate of drug-likeness (QED) is 0.670. The molecule has 1 aromatic heterocycles. The third kappa shape index (κ3) is 3.52. The Kier molecular flexibility index (Phi) is 4.79. The first-order valence-electron chi connectivity index (χ1n) is 6.38. The van der Waals surface area contributed by atoms with Crippen LogP contribution in [0.3, 0.4) is 0 Å². The predicted octanol–water partition coefficient (Wildman–Crippen LogP) is 1.58. The molecule has 8 heteroatoms. The van der Waals surface area contributed by atoms with E-state index in [1.54, 1.807) is 24.0 Å². The lowest BCUT2D eigenvalue weighted by Gasteiger charge is -2.20. The van der Waals surface area contributed by atoms with Crippen molar-refractivity contribution in [1.29, 1.82) is 0 Å². The number of anilines is 1. The lowest BCUT2D eigenvalue weighted by atomic mass is 10.3. The van der Waals surface area contributed by atoms with Crippen molar-refractivity contribution in [2.45, 2.75) is 19.0 Å². The highest BCUT2D eigenvalue weighted by Crippen LogP contribution is 2.19. The Morgan fingerprint density at radius 2 is 2.05 bits per heavy atom. The van der Waals surface area contributed by atoms with Crippen LogP contribution in [0, 0.1) is 12.7 Å². The number of thioether (sulfide) groups is 1. The van der Waals surface area contributed by atoms with Gasteiger partial charge in [-0.2, -0.15) is 0 Å². The van der Waals surface area contributed by atoms with E-state index in [2.05, 4.69) is 10.2 Å². The van der Waals surface area contributed by atoms with Gasteiger partial charge in [-0.15, -0.1) is 10.2 Å². The van der Waals surface area contributed by atoms with Gasteiger partial charge >= 0.3 is 0 Å². The summed E-state index contributed by atoms with van der Waals surface area (Å²) in [5.74, 6) is 6.06. The molecule has 2 rings (SSSR count). The summed E-state index contributed by atoms with van der Waals surface area (Å²) in [7, 11) is 0. The summed E-state index contributed by atoms with van der Waals surface area (Å²) in [6.07, 6.45) is 0. The Bertz CT molecular complexity index is 628. The maximum atomic E-state index is 12.9. The molecule has 0 saturated carbocycles. The SMILES string of the molecule is CCN(C(=O)CSc1nnc(C)n1N)c1ccc(F)cc1. The van der Waals surface area contributed by atoms with Gasteiger partial charge in [0.1, 0.15) is 11.6 Å². The Morgan fingerprint density at radius 3 is 2.57 bits per heavy atom. The third-order valence-electron chi connectivity index (χ3n) is 2.92. The summed E-state index contributed by atoms with van der Waals surface area (Å²) in [5, 5.41) is 8.20. The number of carbonyl (C=O) groups is 1. The van der Waals surface area contributed by atoms with Crippen molar-refractivity contribution in [3.63, 3.8) is 0 Å². The number of nitrogens with two attached hydrogens (primary N) is 1. The van der Waals surface area contributed by atoms with E-state index < -0.39 is 0 Å². The average molecular weight is 309 g/mol. The molecule has 0 spiro atoms. The van der Waals surface area contributed by atoms with Crippen LogP contribution in [0.4, 0.5) is 10.1 Å². The van der Waals surface area contributed by atoms with E-state index in [-0.39, 0.29) is 17.5 Å². The molecule has 1 aromatic carbocycles. The molecule has 112 valence electrons. The average Bonchev–Trinajstić information content (AvgIpc) is 2.79. The standard InChI is InChI=1S/C13H16FN5OS/c1-3-18(11-6-4-10(14)5-7-11)12(20)8-21-13-17-16-9(2)19(13)15/h4-7H,3,8,15H2,1-2H3. The number of aryl methyl sites for hydroxylation is 1. The van der Waals surface area contributed by atoms with Gasteiger partial charge in [0.25, 0.3) is 0 Å². The third-order valence-corrected chi connectivity index (χ3v) is 3.84. The first-order valence-corrected chi connectivity index (χ1v) is 7.37. The van der Waals surface area contributed by atoms with Gasteiger partial charge in [-0.3, -0.25) is 4.79 Å². The lowest BCUT2D eigenvalue weighted by Crippen LogP contribution is -2.32. The molecule has 2 aromatic rings. The second kappa shape index (κ2) is 6.57. The van der Waals surface area contributed by atoms with Crippen LogP contribution in [0.2, 0.25) is 0 Å². The van der Waals surface area contributed by atoms with Crippen molar-refractivity contribution < 1.29 is 9.18 Å². The van der Waals surface area contributed by atoms with E-state index in [0.717, 1.165) is 0 Å². The molecule has 0 saturated heterocycles. The summed E-state index contributed by atoms with van der Waals surface area (Å²) in [5.41, 5.74) is 0.662. The topological polar surface area (TPSA) is 77.0 Å². The summed E-state index contributed by atoms with van der Waals surface area (Å²) in [6, 6.07) is 5.82. The Hall–Kier alpha value is -2.09. The van der Waals surface area contributed by atoms with E-state index in [1.165, 1.54) is 28.6 Å². The van der Waals surface area contributed by atoms with E-state index in [0.29, 0.717) is 23.2 Å². The molecule has 0 atom stereocenters. The first-order chi connectivity index (χ1) is 10.0. The zero-order valence-electron chi connectivity index (χ0n) is 11.8. The van der Waals surface area contributed by atoms with E-state index in [1.807, 2.05) is 6.92 Å². The minimum absolute atomic E-state index is 0.102. The molecule has 1 amide bonds. The van der Waals surface area contributed by atoms with Crippen molar-refractivity contribution in [3.8, 4) is 0 Å². The first kappa shape index (κ1) is 15.3. The van der Waals surface area contributed by atoms with Crippen LogP contribution < -0.4 is 10.7 Å². The van der Waals surface area contributed by atoms with E-state index in [9.17, 15) is 9.18 Å². The summed E-state index contributed by atoms with van der Waals surface area (Å²) >= 11 is 1.22. The summed E-state index contributed by atoms with van der Waals surface area (Å²) in [4.78, 5) is 13.8. The fraction of sp³-hybridized carbons (Fsp3) is 0.308. The van der Waals surface area contributed by atoms with Gasteiger partial charge in [-0.1, -0.05) is 11.8 Å². The highest BCUT2D eigenvalue weighted by atomic mass is 32.2. The van der Waals surface area contributed by atoms with Crippen LogP contribution >= 0.6 is 11.8 Å². The van der Waals surface area contributed by atoms with Crippen molar-refractivity contribution in [2.24, 2.45) is 0 Å². The van der Waals surface area contributed by atoms with Gasteiger partial charge in [0.2, 0.25) is 11.1 Å². The molecule has 1 heterocycles. The minimum Gasteiger partial charge on any atom is -0.336 e. The number of benzene rings is 1. The zero-order chi connectivity index (χ0) is 15.4. The molecule has 21 heavy (non-hydrogen) atoms. The lowest BCUT2D eigenvalue weighted by molar-refractivity contribution is -0.116. The Morgan fingerprint density at radius 1 is 1.38 bits per heavy atom. The second-order valence-electron chi connectivity index (χ2n) is 4.30. The molecule has 0 aliphatic heterocycles. The van der Waals surface area contributed by atoms with Gasteiger partial charge in [-0.05, 0) is 38.1 Å². The maximum absolute atomic E-state index is 12.9. The van der Waals surface area contributed by atoms with Crippen LogP contribution in [0.5, 0.6) is 0 Å². The number of amides is 1. The zero-order valence-corrected chi connectivity index (χ0v) is 12.6. The molecule has 0 aliphatic carbocycles. The molecule has 2 N–H and O–H groups in total. The second-order valence-corrected chi connectivity index (χ2v) is 5.25. The smallest absolute Gasteiger partial charge is 0.237 e. The number of aromatic nitrogens is 3. The number of hydrogen-bond donors (Lipinski definition) is 1. The number of hydrogen-bond acceptors (Lipinski definition) is 5. The molecule has 0 unspecified atom stereocenters. The molecular formula is C13H16FN5OS. The van der Waals surface area contributed by atoms with Crippen LogP contribution in [-0.2, 0) is 4.79 Å². The summed E-state index contributed by atoms with van der Waals surface area (Å²) < 4.78 is 14.3. The molecular weight excluding hydrogens is 293 g/mol. The van der Waals surface area contributed by atoms with Crippen molar-refractivity contribution >= 4 is 23.4 Å². The fourth-order valence-electron chi connectivity index (χ4n) is 1.78. The monoisotopic (exact) mass is 309 g/mol. The largest absolute Gasteiger partial charge is 0.336 e. The molecule has 0 radical (unpaired) electrons. The fourth-order valence-corrected chi connectivity index (χ4v) is 2.55. The molecule has 0 fully saturated rings. The van der Waals surface area contributed by atoms with Crippen LogP contribution in [-0.4, -0.2) is 33.1 Å². The Labute approximate surface area is 126 Å². The van der Waals surface area contributed by atoms with Gasteiger partial charge in [0, 0.05) is 12.2 Å². The van der Waals surface area contributed by atoms with Gasteiger partial charge in [-0.25, -0.2) is 9.07 Å². The van der Waals surface area contributed by atoms with Crippen LogP contribution in [0.15, 0.2) is 29.4 Å². The van der Waals surface area contributed by atoms with Gasteiger partial charge in [0.15, 0.2) is 0 Å². The van der Waals surface area contributed by atoms with E-state index >= 15 is 0 Å². The molecule has 0 aliphatic rings. The van der Waals surface area contributed by atoms with Crippen molar-refractivity contribution in [1.82, 2.24) is 14.9 Å². The van der Waals surface area contributed by atoms with Crippen LogP contribution in [0.25, 0.3) is 0 Å². The molecule has 6 nitrogen and oxygen atoms in total. The number of carbonyl (C=O) groups excluding carboxylic acids is 1. The van der Waals surface area contributed by atoms with E-state index in [4.69, 9.17) is 5.84 Å². The minimum atomic E-state index is -0.330. The number of nitrogen functional groups attached to an aromatic ring is 1. The van der Waals surface area contributed by atoms with Gasteiger partial charge < -0.3 is 10.7 Å². The van der Waals surface area contributed by atoms with Crippen molar-refractivity contribution in [3.05, 3.63) is 35.9 Å². The Balaban J connectivity index is 2.03. The van der Waals surface area contributed by atoms with Gasteiger partial charge in [0.05, 0.1) is 5.75 Å². The number of rotatable bonds is 5. The number of halogens is 1. The normalized spacial score (nSPS) is 10.6. The maximum Gasteiger partial charge on any atom is 0.237 e. The predicted molar refractivity (Wildman–Crippen MR) is 80.1 cm³/mol. The van der Waals surface area contributed by atoms with Crippen molar-refractivity contribution in [2.75, 3.05) is 23.0 Å². The highest BCUT2D eigenvalue weighted by molar-refractivity contribution is 7.99. The van der Waals surface area contributed by atoms with Crippen LogP contribution in [0.1, 0.15) is 12.7 Å².